The number of carbonyl (C=O) groups excluding carboxylic acids is 1. The molecule has 1 N–H and O–H groups in total. The fourth-order valence-corrected chi connectivity index (χ4v) is 4.51. The molecular formula is C24H19ClN4OS. The van der Waals surface area contributed by atoms with Crippen LogP contribution >= 0.6 is 23.4 Å². The number of hydrazone groups is 1. The lowest BCUT2D eigenvalue weighted by Crippen LogP contribution is -2.50. The Morgan fingerprint density at radius 1 is 1.03 bits per heavy atom. The van der Waals surface area contributed by atoms with Crippen molar-refractivity contribution in [2.24, 2.45) is 10.1 Å². The summed E-state index contributed by atoms with van der Waals surface area (Å²) in [7, 11) is 0. The third-order valence-electron chi connectivity index (χ3n) is 5.18. The van der Waals surface area contributed by atoms with Crippen molar-refractivity contribution in [2.45, 2.75) is 18.8 Å². The van der Waals surface area contributed by atoms with Crippen LogP contribution in [-0.4, -0.2) is 16.1 Å². The number of fused-ring (bicyclic) bond motifs is 2. The van der Waals surface area contributed by atoms with Crippen molar-refractivity contribution in [3.63, 3.8) is 0 Å². The summed E-state index contributed by atoms with van der Waals surface area (Å²) < 4.78 is 0. The summed E-state index contributed by atoms with van der Waals surface area (Å²) >= 11 is 7.58. The average molecular weight is 447 g/mol. The number of hydrogen-bond donors (Lipinski definition) is 1. The van der Waals surface area contributed by atoms with Crippen LogP contribution in [0.15, 0.2) is 82.9 Å². The molecule has 0 saturated heterocycles. The Bertz CT molecular complexity index is 1300. The molecule has 0 aromatic heterocycles. The van der Waals surface area contributed by atoms with Crippen molar-refractivity contribution < 1.29 is 4.79 Å². The van der Waals surface area contributed by atoms with Gasteiger partial charge in [0.15, 0.2) is 11.3 Å². The molecule has 2 heterocycles. The van der Waals surface area contributed by atoms with Crippen LogP contribution in [0.2, 0.25) is 5.02 Å². The van der Waals surface area contributed by atoms with E-state index in [4.69, 9.17) is 21.7 Å². The van der Waals surface area contributed by atoms with Gasteiger partial charge in [0.25, 0.3) is 5.91 Å². The summed E-state index contributed by atoms with van der Waals surface area (Å²) in [5.41, 5.74) is 3.81. The number of rotatable bonds is 3. The Morgan fingerprint density at radius 3 is 2.55 bits per heavy atom. The first kappa shape index (κ1) is 19.8. The highest BCUT2D eigenvalue weighted by atomic mass is 35.5. The molecular weight excluding hydrogens is 428 g/mol. The van der Waals surface area contributed by atoms with E-state index in [0.29, 0.717) is 21.6 Å². The highest BCUT2D eigenvalue weighted by Crippen LogP contribution is 2.31. The van der Waals surface area contributed by atoms with E-state index in [2.05, 4.69) is 36.5 Å². The van der Waals surface area contributed by atoms with Gasteiger partial charge in [-0.3, -0.25) is 15.1 Å². The minimum Gasteiger partial charge on any atom is -0.298 e. The molecule has 7 heteroatoms. The predicted octanol–water partition coefficient (Wildman–Crippen LogP) is 3.72. The summed E-state index contributed by atoms with van der Waals surface area (Å²) in [6.07, 6.45) is -0.441. The lowest BCUT2D eigenvalue weighted by atomic mass is 10.1. The van der Waals surface area contributed by atoms with E-state index in [1.807, 2.05) is 48.5 Å². The van der Waals surface area contributed by atoms with E-state index in [1.165, 1.54) is 22.9 Å². The van der Waals surface area contributed by atoms with Gasteiger partial charge in [0, 0.05) is 16.0 Å². The smallest absolute Gasteiger partial charge is 0.276 e. The fraction of sp³-hybridized carbons (Fsp3) is 0.125. The lowest BCUT2D eigenvalue weighted by Gasteiger charge is -2.34. The first-order chi connectivity index (χ1) is 15.1. The van der Waals surface area contributed by atoms with Crippen molar-refractivity contribution in [2.75, 3.05) is 0 Å². The molecule has 154 valence electrons. The minimum absolute atomic E-state index is 0.178. The molecule has 2 aliphatic rings. The fourth-order valence-electron chi connectivity index (χ4n) is 3.58. The second-order valence-corrected chi connectivity index (χ2v) is 8.80. The first-order valence-electron chi connectivity index (χ1n) is 9.89. The highest BCUT2D eigenvalue weighted by molar-refractivity contribution is 8.13. The summed E-state index contributed by atoms with van der Waals surface area (Å²) in [6, 6.07) is 23.5. The molecule has 2 aliphatic heterocycles. The zero-order chi connectivity index (χ0) is 21.4. The molecule has 3 aromatic carbocycles. The predicted molar refractivity (Wildman–Crippen MR) is 125 cm³/mol. The second-order valence-electron chi connectivity index (χ2n) is 7.40. The quantitative estimate of drug-likeness (QED) is 0.667. The van der Waals surface area contributed by atoms with E-state index in [-0.39, 0.29) is 5.91 Å². The molecule has 0 spiro atoms. The van der Waals surface area contributed by atoms with Gasteiger partial charge in [-0.2, -0.15) is 0 Å². The van der Waals surface area contributed by atoms with Crippen LogP contribution < -0.4 is 15.9 Å². The number of carbonyl (C=O) groups is 1. The topological polar surface area (TPSA) is 57.1 Å². The molecule has 3 aromatic rings. The van der Waals surface area contributed by atoms with Crippen molar-refractivity contribution in [1.82, 2.24) is 10.3 Å². The molecule has 5 rings (SSSR count). The maximum absolute atomic E-state index is 13.1. The summed E-state index contributed by atoms with van der Waals surface area (Å²) in [4.78, 5) is 18.0. The van der Waals surface area contributed by atoms with Crippen molar-refractivity contribution in [3.05, 3.63) is 105 Å². The third kappa shape index (κ3) is 3.96. The number of thioether (sulfide) groups is 1. The number of hydrogen-bond acceptors (Lipinski definition) is 5. The number of benzene rings is 3. The molecule has 0 aliphatic carbocycles. The summed E-state index contributed by atoms with van der Waals surface area (Å²) in [6.45, 7) is 2.06. The molecule has 0 fully saturated rings. The Hall–Kier alpha value is -3.09. The Kier molecular flexibility index (Phi) is 5.26. The normalized spacial score (nSPS) is 17.3. The maximum Gasteiger partial charge on any atom is 0.276 e. The number of nitrogens with one attached hydrogen (secondary N) is 1. The van der Waals surface area contributed by atoms with Crippen LogP contribution in [0.1, 0.15) is 22.9 Å². The van der Waals surface area contributed by atoms with E-state index < -0.39 is 6.17 Å². The molecule has 0 bridgehead atoms. The van der Waals surface area contributed by atoms with E-state index in [9.17, 15) is 4.79 Å². The molecule has 1 atom stereocenters. The lowest BCUT2D eigenvalue weighted by molar-refractivity contribution is -0.116. The van der Waals surface area contributed by atoms with Crippen LogP contribution in [0.25, 0.3) is 5.70 Å². The van der Waals surface area contributed by atoms with Crippen LogP contribution in [0, 0.1) is 6.92 Å². The first-order valence-corrected chi connectivity index (χ1v) is 11.2. The second kappa shape index (κ2) is 8.21. The highest BCUT2D eigenvalue weighted by Gasteiger charge is 2.34. The van der Waals surface area contributed by atoms with Gasteiger partial charge in [-0.15, -0.1) is 5.10 Å². The van der Waals surface area contributed by atoms with Crippen molar-refractivity contribution in [1.29, 1.82) is 0 Å². The van der Waals surface area contributed by atoms with Gasteiger partial charge in [0.1, 0.15) is 5.70 Å². The van der Waals surface area contributed by atoms with E-state index in [1.54, 1.807) is 5.01 Å². The van der Waals surface area contributed by atoms with Gasteiger partial charge in [-0.1, -0.05) is 83.5 Å². The van der Waals surface area contributed by atoms with Gasteiger partial charge in [-0.05, 0) is 36.2 Å². The number of aryl methyl sites for hydroxylation is 1. The van der Waals surface area contributed by atoms with Gasteiger partial charge in [-0.25, -0.2) is 5.01 Å². The molecule has 0 saturated carbocycles. The van der Waals surface area contributed by atoms with Gasteiger partial charge >= 0.3 is 0 Å². The van der Waals surface area contributed by atoms with Crippen molar-refractivity contribution >= 4 is 40.1 Å². The summed E-state index contributed by atoms with van der Waals surface area (Å²) in [5, 5.41) is 12.2. The largest absolute Gasteiger partial charge is 0.298 e. The molecule has 5 nitrogen and oxygen atoms in total. The van der Waals surface area contributed by atoms with Crippen LogP contribution in [0.4, 0.5) is 0 Å². The number of amides is 1. The van der Waals surface area contributed by atoms with Crippen LogP contribution in [-0.2, 0) is 10.5 Å². The van der Waals surface area contributed by atoms with E-state index in [0.717, 1.165) is 16.1 Å². The SMILES string of the molecule is Cc1ccc(CSC2=NN3C(=c4ccccc4=N[C@H]3c3ccc(Cl)cc3)C(=O)N2)cc1. The van der Waals surface area contributed by atoms with Crippen LogP contribution in [0.5, 0.6) is 0 Å². The molecule has 31 heavy (non-hydrogen) atoms. The average Bonchev–Trinajstić information content (AvgIpc) is 2.78. The molecule has 0 radical (unpaired) electrons. The van der Waals surface area contributed by atoms with E-state index >= 15 is 0 Å². The third-order valence-corrected chi connectivity index (χ3v) is 6.37. The Labute approximate surface area is 189 Å². The number of halogens is 1. The van der Waals surface area contributed by atoms with Gasteiger partial charge < -0.3 is 0 Å². The number of amidine groups is 1. The zero-order valence-corrected chi connectivity index (χ0v) is 18.3. The molecule has 0 unspecified atom stereocenters. The zero-order valence-electron chi connectivity index (χ0n) is 16.7. The monoisotopic (exact) mass is 446 g/mol. The minimum atomic E-state index is -0.441. The van der Waals surface area contributed by atoms with Gasteiger partial charge in [0.05, 0.1) is 5.36 Å². The Balaban J connectivity index is 1.54. The maximum atomic E-state index is 13.1. The summed E-state index contributed by atoms with van der Waals surface area (Å²) in [5.74, 6) is 0.532. The van der Waals surface area contributed by atoms with Gasteiger partial charge in [0.2, 0.25) is 0 Å². The standard InChI is InChI=1S/C24H19ClN4OS/c1-15-6-8-16(9-7-15)14-31-24-27-23(30)21-19-4-2-3-5-20(19)26-22(29(21)28-24)17-10-12-18(25)13-11-17/h2-13,22H,14H2,1H3,(H,27,28,30)/t22-/m1/s1. The molecule has 1 amide bonds. The van der Waals surface area contributed by atoms with Crippen molar-refractivity contribution in [3.8, 4) is 0 Å². The number of para-hydroxylation sites is 1. The Morgan fingerprint density at radius 2 is 1.77 bits per heavy atom. The number of nitrogens with zero attached hydrogens (tertiary/aromatic N) is 3. The van der Waals surface area contributed by atoms with Crippen LogP contribution in [0.3, 0.4) is 0 Å².